The van der Waals surface area contributed by atoms with Gasteiger partial charge in [0.15, 0.2) is 0 Å². The fraction of sp³-hybridized carbons (Fsp3) is 0.417. The van der Waals surface area contributed by atoms with Crippen molar-refractivity contribution >= 4 is 35.2 Å². The highest BCUT2D eigenvalue weighted by molar-refractivity contribution is 6.30. The summed E-state index contributed by atoms with van der Waals surface area (Å²) in [6.07, 6.45) is -8.97. The maximum Gasteiger partial charge on any atom is 0.434 e. The van der Waals surface area contributed by atoms with E-state index < -0.39 is 24.3 Å². The molecule has 6 nitrogen and oxygen atoms in total. The first kappa shape index (κ1) is 25.6. The van der Waals surface area contributed by atoms with Gasteiger partial charge in [0.05, 0.1) is 6.04 Å². The normalized spacial score (nSPS) is 21.2. The van der Waals surface area contributed by atoms with E-state index in [1.807, 2.05) is 53.8 Å². The van der Waals surface area contributed by atoms with Crippen molar-refractivity contribution in [2.75, 3.05) is 33.2 Å². The van der Waals surface area contributed by atoms with Crippen molar-refractivity contribution in [2.24, 2.45) is 11.8 Å². The van der Waals surface area contributed by atoms with Crippen LogP contribution in [0.1, 0.15) is 17.2 Å². The van der Waals surface area contributed by atoms with Gasteiger partial charge in [-0.15, -0.1) is 0 Å². The molecule has 3 unspecified atom stereocenters. The van der Waals surface area contributed by atoms with Crippen LogP contribution in [0.25, 0.3) is 0 Å². The third kappa shape index (κ3) is 5.68. The molecule has 188 valence electrons. The van der Waals surface area contributed by atoms with E-state index in [0.717, 1.165) is 18.2 Å². The summed E-state index contributed by atoms with van der Waals surface area (Å²) in [7, 11) is 1.06. The summed E-state index contributed by atoms with van der Waals surface area (Å²) in [5.41, 5.74) is 2.10. The predicted octanol–water partition coefficient (Wildman–Crippen LogP) is 4.76. The van der Waals surface area contributed by atoms with Crippen LogP contribution in [-0.2, 0) is 9.53 Å². The Morgan fingerprint density at radius 3 is 1.77 bits per heavy atom. The Labute approximate surface area is 210 Å². The molecule has 2 aromatic carbocycles. The van der Waals surface area contributed by atoms with Gasteiger partial charge in [-0.05, 0) is 47.2 Å². The van der Waals surface area contributed by atoms with Crippen LogP contribution in [0.3, 0.4) is 0 Å². The van der Waals surface area contributed by atoms with Crippen LogP contribution in [-0.4, -0.2) is 67.3 Å². The van der Waals surface area contributed by atoms with E-state index in [2.05, 4.69) is 9.64 Å². The first-order chi connectivity index (χ1) is 16.6. The summed E-state index contributed by atoms with van der Waals surface area (Å²) in [6.45, 7) is 1.80. The Balaban J connectivity index is 1.47. The molecule has 35 heavy (non-hydrogen) atoms. The molecular weight excluding hydrogens is 506 g/mol. The van der Waals surface area contributed by atoms with Gasteiger partial charge in [0.25, 0.3) is 12.0 Å². The molecule has 0 spiro atoms. The van der Waals surface area contributed by atoms with Gasteiger partial charge in [-0.2, -0.15) is 13.2 Å². The molecule has 2 aliphatic heterocycles. The molecule has 2 aromatic rings. The summed E-state index contributed by atoms with van der Waals surface area (Å²) in [4.78, 5) is 27.6. The molecule has 11 heteroatoms. The second-order valence-electron chi connectivity index (χ2n) is 8.80. The molecule has 2 heterocycles. The fourth-order valence-corrected chi connectivity index (χ4v) is 5.12. The maximum atomic E-state index is 13.2. The molecule has 3 atom stereocenters. The van der Waals surface area contributed by atoms with E-state index in [4.69, 9.17) is 23.2 Å². The lowest BCUT2D eigenvalue weighted by molar-refractivity contribution is -0.206. The van der Waals surface area contributed by atoms with Crippen LogP contribution in [0.5, 0.6) is 0 Å². The summed E-state index contributed by atoms with van der Waals surface area (Å²) in [5.74, 6) is -1.28. The molecule has 0 radical (unpaired) electrons. The minimum atomic E-state index is -4.99. The quantitative estimate of drug-likeness (QED) is 0.606. The molecule has 1 N–H and O–H groups in total. The van der Waals surface area contributed by atoms with Gasteiger partial charge in [-0.25, -0.2) is 4.79 Å². The molecule has 2 aliphatic rings. The third-order valence-electron chi connectivity index (χ3n) is 6.51. The average molecular weight is 530 g/mol. The summed E-state index contributed by atoms with van der Waals surface area (Å²) >= 11 is 12.2. The van der Waals surface area contributed by atoms with Crippen LogP contribution >= 0.6 is 23.2 Å². The molecule has 0 saturated carbocycles. The number of likely N-dealkylation sites (tertiary alicyclic amines) is 2. The summed E-state index contributed by atoms with van der Waals surface area (Å²) < 4.78 is 44.1. The fourth-order valence-electron chi connectivity index (χ4n) is 4.87. The van der Waals surface area contributed by atoms with Crippen LogP contribution in [0.4, 0.5) is 18.0 Å². The maximum absolute atomic E-state index is 13.2. The number of hydrogen-bond donors (Lipinski definition) is 1. The molecule has 0 aliphatic carbocycles. The Morgan fingerprint density at radius 1 is 0.914 bits per heavy atom. The van der Waals surface area contributed by atoms with Gasteiger partial charge < -0.3 is 15.0 Å². The Morgan fingerprint density at radius 2 is 1.37 bits per heavy atom. The molecule has 0 aromatic heterocycles. The highest BCUT2D eigenvalue weighted by atomic mass is 35.5. The lowest BCUT2D eigenvalue weighted by Gasteiger charge is -2.31. The van der Waals surface area contributed by atoms with Crippen molar-refractivity contribution in [3.05, 3.63) is 69.7 Å². The molecule has 4 rings (SSSR count). The second kappa shape index (κ2) is 10.2. The number of ether oxygens (including phenoxy) is 1. The van der Waals surface area contributed by atoms with Gasteiger partial charge in [0, 0.05) is 43.3 Å². The van der Waals surface area contributed by atoms with Gasteiger partial charge in [-0.3, -0.25) is 9.69 Å². The number of nitrogens with one attached hydrogen (secondary N) is 1. The van der Waals surface area contributed by atoms with Crippen molar-refractivity contribution < 1.29 is 27.5 Å². The standard InChI is InChI=1S/C24H24Cl2F3N3O3/c1-30-22(33)21(24(27,28)29)35-23(34)32-12-16-10-31(11-17(16)13-32)20(14-2-6-18(25)7-3-14)15-4-8-19(26)9-5-15/h2-9,16-17,20-21H,10-13H2,1H3,(H,30,33). The zero-order valence-corrected chi connectivity index (χ0v) is 20.3. The topological polar surface area (TPSA) is 61.9 Å². The summed E-state index contributed by atoms with van der Waals surface area (Å²) in [5, 5.41) is 3.15. The van der Waals surface area contributed by atoms with E-state index in [0.29, 0.717) is 23.1 Å². The second-order valence-corrected chi connectivity index (χ2v) is 9.68. The Kier molecular flexibility index (Phi) is 7.49. The molecular formula is C24H24Cl2F3N3O3. The number of nitrogens with zero attached hydrogens (tertiary/aromatic N) is 2. The molecule has 2 fully saturated rings. The minimum Gasteiger partial charge on any atom is -0.426 e. The van der Waals surface area contributed by atoms with Gasteiger partial charge in [-0.1, -0.05) is 47.5 Å². The number of hydrogen-bond acceptors (Lipinski definition) is 4. The monoisotopic (exact) mass is 529 g/mol. The van der Waals surface area contributed by atoms with Gasteiger partial charge in [0.2, 0.25) is 0 Å². The zero-order valence-electron chi connectivity index (χ0n) is 18.8. The smallest absolute Gasteiger partial charge is 0.426 e. The number of amides is 2. The Bertz CT molecular complexity index is 1010. The van der Waals surface area contributed by atoms with Crippen LogP contribution in [0.15, 0.2) is 48.5 Å². The van der Waals surface area contributed by atoms with Crippen molar-refractivity contribution in [3.8, 4) is 0 Å². The van der Waals surface area contributed by atoms with Crippen molar-refractivity contribution in [1.82, 2.24) is 15.1 Å². The lowest BCUT2D eigenvalue weighted by Crippen LogP contribution is -2.48. The molecule has 2 amide bonds. The molecule has 2 saturated heterocycles. The lowest BCUT2D eigenvalue weighted by atomic mass is 9.97. The first-order valence-corrected chi connectivity index (χ1v) is 11.8. The number of likely N-dealkylation sites (N-methyl/N-ethyl adjacent to an activating group) is 1. The van der Waals surface area contributed by atoms with Gasteiger partial charge in [0.1, 0.15) is 0 Å². The number of fused-ring (bicyclic) bond motifs is 1. The number of carbonyl (C=O) groups excluding carboxylic acids is 2. The molecule has 0 bridgehead atoms. The minimum absolute atomic E-state index is 0.0639. The third-order valence-corrected chi connectivity index (χ3v) is 7.01. The summed E-state index contributed by atoms with van der Waals surface area (Å²) in [6, 6.07) is 15.1. The number of halogens is 5. The van der Waals surface area contributed by atoms with Crippen LogP contribution < -0.4 is 5.32 Å². The largest absolute Gasteiger partial charge is 0.434 e. The Hall–Kier alpha value is -2.49. The average Bonchev–Trinajstić information content (AvgIpc) is 3.38. The van der Waals surface area contributed by atoms with E-state index in [-0.39, 0.29) is 31.0 Å². The number of alkyl halides is 3. The number of rotatable bonds is 5. The van der Waals surface area contributed by atoms with E-state index >= 15 is 0 Å². The van der Waals surface area contributed by atoms with Crippen molar-refractivity contribution in [1.29, 1.82) is 0 Å². The van der Waals surface area contributed by atoms with E-state index in [1.165, 1.54) is 4.90 Å². The highest BCUT2D eigenvalue weighted by Gasteiger charge is 2.50. The van der Waals surface area contributed by atoms with Gasteiger partial charge >= 0.3 is 12.3 Å². The predicted molar refractivity (Wildman–Crippen MR) is 125 cm³/mol. The number of benzene rings is 2. The van der Waals surface area contributed by atoms with Crippen molar-refractivity contribution in [2.45, 2.75) is 18.3 Å². The number of carbonyl (C=O) groups is 2. The van der Waals surface area contributed by atoms with E-state index in [9.17, 15) is 22.8 Å². The van der Waals surface area contributed by atoms with E-state index in [1.54, 1.807) is 0 Å². The van der Waals surface area contributed by atoms with Crippen molar-refractivity contribution in [3.63, 3.8) is 0 Å². The SMILES string of the molecule is CNC(=O)C(OC(=O)N1CC2CN(C(c3ccc(Cl)cc3)c3ccc(Cl)cc3)CC2C1)C(F)(F)F. The zero-order chi connectivity index (χ0) is 25.3. The highest BCUT2D eigenvalue weighted by Crippen LogP contribution is 2.39. The van der Waals surface area contributed by atoms with Crippen LogP contribution in [0.2, 0.25) is 10.0 Å². The first-order valence-electron chi connectivity index (χ1n) is 11.1. The van der Waals surface area contributed by atoms with Crippen LogP contribution in [0, 0.1) is 11.8 Å².